The van der Waals surface area contributed by atoms with E-state index >= 15 is 0 Å². The van der Waals surface area contributed by atoms with Crippen LogP contribution in [-0.2, 0) is 5.88 Å². The molecule has 0 aliphatic rings. The number of para-hydroxylation sites is 1. The lowest BCUT2D eigenvalue weighted by Gasteiger charge is -2.18. The molecule has 0 amide bonds. The summed E-state index contributed by atoms with van der Waals surface area (Å²) in [4.78, 5) is 29.4. The van der Waals surface area contributed by atoms with Crippen molar-refractivity contribution < 1.29 is 13.9 Å². The van der Waals surface area contributed by atoms with Gasteiger partial charge in [0.05, 0.1) is 28.6 Å². The highest BCUT2D eigenvalue weighted by atomic mass is 35.5. The second kappa shape index (κ2) is 7.88. The molecule has 1 aromatic heterocycles. The van der Waals surface area contributed by atoms with E-state index in [-0.39, 0.29) is 23.1 Å². The van der Waals surface area contributed by atoms with E-state index in [4.69, 9.17) is 16.3 Å². The Morgan fingerprint density at radius 3 is 2.67 bits per heavy atom. The van der Waals surface area contributed by atoms with Crippen molar-refractivity contribution in [3.63, 3.8) is 0 Å². The summed E-state index contributed by atoms with van der Waals surface area (Å²) in [5.41, 5.74) is 0.637. The fourth-order valence-electron chi connectivity index (χ4n) is 2.81. The molecule has 0 saturated carbocycles. The number of ether oxygens (including phenoxy) is 1. The zero-order chi connectivity index (χ0) is 19.6. The first kappa shape index (κ1) is 19.0. The minimum atomic E-state index is -1.13. The number of aromatic nitrogens is 2. The van der Waals surface area contributed by atoms with E-state index in [1.165, 1.54) is 16.7 Å². The standard InChI is InChI=1S/C20H18ClFN2O3/c1-12(2)27-18-8-7-13(17(25)11-22)9-16(18)24-19(10-21)23-15-6-4-3-5-14(15)20(24)26/h3-9,12H,10-11H2,1-2H3. The van der Waals surface area contributed by atoms with Crippen molar-refractivity contribution in [1.82, 2.24) is 9.55 Å². The van der Waals surface area contributed by atoms with E-state index in [9.17, 15) is 14.0 Å². The van der Waals surface area contributed by atoms with Crippen LogP contribution in [0, 0.1) is 0 Å². The Hall–Kier alpha value is -2.73. The van der Waals surface area contributed by atoms with Gasteiger partial charge in [-0.2, -0.15) is 0 Å². The number of ketones is 1. The third-order valence-electron chi connectivity index (χ3n) is 3.97. The summed E-state index contributed by atoms with van der Waals surface area (Å²) in [6, 6.07) is 11.4. The Morgan fingerprint density at radius 2 is 2.00 bits per heavy atom. The molecule has 27 heavy (non-hydrogen) atoms. The lowest BCUT2D eigenvalue weighted by atomic mass is 10.1. The van der Waals surface area contributed by atoms with Crippen LogP contribution in [0.3, 0.4) is 0 Å². The van der Waals surface area contributed by atoms with Gasteiger partial charge in [0, 0.05) is 5.56 Å². The number of benzene rings is 2. The maximum absolute atomic E-state index is 13.1. The van der Waals surface area contributed by atoms with E-state index < -0.39 is 12.5 Å². The molecule has 0 saturated heterocycles. The van der Waals surface area contributed by atoms with Gasteiger partial charge < -0.3 is 4.74 Å². The number of carbonyl (C=O) groups excluding carboxylic acids is 1. The third kappa shape index (κ3) is 3.71. The summed E-state index contributed by atoms with van der Waals surface area (Å²) >= 11 is 6.05. The highest BCUT2D eigenvalue weighted by molar-refractivity contribution is 6.16. The summed E-state index contributed by atoms with van der Waals surface area (Å²) < 4.78 is 20.0. The summed E-state index contributed by atoms with van der Waals surface area (Å²) in [6.45, 7) is 2.56. The normalized spacial score (nSPS) is 11.1. The number of carbonyl (C=O) groups is 1. The van der Waals surface area contributed by atoms with E-state index in [1.807, 2.05) is 13.8 Å². The van der Waals surface area contributed by atoms with Crippen LogP contribution in [0.4, 0.5) is 4.39 Å². The molecule has 0 aliphatic heterocycles. The number of alkyl halides is 2. The largest absolute Gasteiger partial charge is 0.489 e. The van der Waals surface area contributed by atoms with Gasteiger partial charge in [-0.3, -0.25) is 14.2 Å². The van der Waals surface area contributed by atoms with Gasteiger partial charge in [-0.1, -0.05) is 12.1 Å². The van der Waals surface area contributed by atoms with Crippen LogP contribution in [0.2, 0.25) is 0 Å². The van der Waals surface area contributed by atoms with E-state index in [2.05, 4.69) is 4.98 Å². The van der Waals surface area contributed by atoms with Crippen molar-refractivity contribution in [3.05, 3.63) is 64.2 Å². The first-order valence-corrected chi connectivity index (χ1v) is 8.96. The van der Waals surface area contributed by atoms with Gasteiger partial charge in [-0.05, 0) is 44.2 Å². The zero-order valence-electron chi connectivity index (χ0n) is 14.9. The SMILES string of the molecule is CC(C)Oc1ccc(C(=O)CF)cc1-n1c(CCl)nc2ccccc2c1=O. The second-order valence-corrected chi connectivity index (χ2v) is 6.49. The van der Waals surface area contributed by atoms with E-state index in [1.54, 1.807) is 30.3 Å². The minimum absolute atomic E-state index is 0.0253. The molecule has 2 aromatic carbocycles. The van der Waals surface area contributed by atoms with E-state index in [0.717, 1.165) is 0 Å². The van der Waals surface area contributed by atoms with Crippen LogP contribution in [0.25, 0.3) is 16.6 Å². The molecule has 0 radical (unpaired) electrons. The van der Waals surface area contributed by atoms with Gasteiger partial charge in [0.1, 0.15) is 11.6 Å². The van der Waals surface area contributed by atoms with Gasteiger partial charge in [-0.25, -0.2) is 9.37 Å². The lowest BCUT2D eigenvalue weighted by Crippen LogP contribution is -2.25. The van der Waals surface area contributed by atoms with Crippen molar-refractivity contribution in [1.29, 1.82) is 0 Å². The van der Waals surface area contributed by atoms with Crippen molar-refractivity contribution in [3.8, 4) is 11.4 Å². The highest BCUT2D eigenvalue weighted by Crippen LogP contribution is 2.27. The first-order chi connectivity index (χ1) is 13.0. The number of Topliss-reactive ketones (excluding diaryl/α,β-unsaturated/α-hetero) is 1. The summed E-state index contributed by atoms with van der Waals surface area (Å²) in [6.07, 6.45) is -0.171. The molecule has 0 atom stereocenters. The van der Waals surface area contributed by atoms with Gasteiger partial charge in [0.25, 0.3) is 5.56 Å². The molecule has 0 bridgehead atoms. The maximum Gasteiger partial charge on any atom is 0.266 e. The maximum atomic E-state index is 13.1. The van der Waals surface area contributed by atoms with Gasteiger partial charge >= 0.3 is 0 Å². The van der Waals surface area contributed by atoms with Gasteiger partial charge in [0.2, 0.25) is 0 Å². The molecular weight excluding hydrogens is 371 g/mol. The summed E-state index contributed by atoms with van der Waals surface area (Å²) in [5, 5.41) is 0.407. The fraction of sp³-hybridized carbons (Fsp3) is 0.250. The van der Waals surface area contributed by atoms with Gasteiger partial charge in [0.15, 0.2) is 12.5 Å². The summed E-state index contributed by atoms with van der Waals surface area (Å²) in [5.74, 6) is -0.0194. The third-order valence-corrected chi connectivity index (χ3v) is 4.21. The minimum Gasteiger partial charge on any atom is -0.489 e. The Morgan fingerprint density at radius 1 is 1.26 bits per heavy atom. The number of hydrogen-bond acceptors (Lipinski definition) is 4. The predicted octanol–water partition coefficient (Wildman–Crippen LogP) is 4.06. The van der Waals surface area contributed by atoms with Crippen molar-refractivity contribution >= 4 is 28.3 Å². The van der Waals surface area contributed by atoms with Crippen molar-refractivity contribution in [2.45, 2.75) is 25.8 Å². The molecule has 0 aliphatic carbocycles. The quantitative estimate of drug-likeness (QED) is 0.472. The average Bonchev–Trinajstić information content (AvgIpc) is 2.67. The van der Waals surface area contributed by atoms with E-state index in [0.29, 0.717) is 28.2 Å². The Kier molecular flexibility index (Phi) is 5.56. The number of rotatable bonds is 6. The first-order valence-electron chi connectivity index (χ1n) is 8.43. The molecule has 7 heteroatoms. The Balaban J connectivity index is 2.35. The molecule has 0 fully saturated rings. The molecule has 3 rings (SSSR count). The molecule has 0 spiro atoms. The average molecular weight is 389 g/mol. The second-order valence-electron chi connectivity index (χ2n) is 6.23. The Labute approximate surface area is 160 Å². The molecule has 3 aromatic rings. The molecule has 5 nitrogen and oxygen atoms in total. The van der Waals surface area contributed by atoms with Crippen molar-refractivity contribution in [2.75, 3.05) is 6.67 Å². The van der Waals surface area contributed by atoms with Crippen LogP contribution < -0.4 is 10.3 Å². The van der Waals surface area contributed by atoms with Crippen LogP contribution in [0.15, 0.2) is 47.3 Å². The number of fused-ring (bicyclic) bond motifs is 1. The van der Waals surface area contributed by atoms with Crippen molar-refractivity contribution in [2.24, 2.45) is 0 Å². The van der Waals surface area contributed by atoms with Gasteiger partial charge in [-0.15, -0.1) is 11.6 Å². The molecular formula is C20H18ClFN2O3. The molecule has 1 heterocycles. The zero-order valence-corrected chi connectivity index (χ0v) is 15.7. The summed E-state index contributed by atoms with van der Waals surface area (Å²) in [7, 11) is 0. The smallest absolute Gasteiger partial charge is 0.266 e. The van der Waals surface area contributed by atoms with Crippen LogP contribution in [0.1, 0.15) is 30.0 Å². The number of halogens is 2. The molecule has 0 unspecified atom stereocenters. The molecule has 140 valence electrons. The number of nitrogens with zero attached hydrogens (tertiary/aromatic N) is 2. The molecule has 0 N–H and O–H groups in total. The fourth-order valence-corrected chi connectivity index (χ4v) is 2.99. The van der Waals surface area contributed by atoms with Crippen LogP contribution in [0.5, 0.6) is 5.75 Å². The van der Waals surface area contributed by atoms with Crippen LogP contribution in [-0.4, -0.2) is 28.1 Å². The predicted molar refractivity (Wildman–Crippen MR) is 103 cm³/mol. The monoisotopic (exact) mass is 388 g/mol. The highest BCUT2D eigenvalue weighted by Gasteiger charge is 2.18. The Bertz CT molecular complexity index is 1060. The topological polar surface area (TPSA) is 61.2 Å². The van der Waals surface area contributed by atoms with Crippen LogP contribution >= 0.6 is 11.6 Å². The lowest BCUT2D eigenvalue weighted by molar-refractivity contribution is 0.0958. The number of hydrogen-bond donors (Lipinski definition) is 0.